The molecular formula is C17H17F2N. The molecule has 0 unspecified atom stereocenters. The predicted octanol–water partition coefficient (Wildman–Crippen LogP) is 4.59. The zero-order chi connectivity index (χ0) is 14.0. The second-order valence-corrected chi connectivity index (χ2v) is 5.26. The zero-order valence-electron chi connectivity index (χ0n) is 11.2. The van der Waals surface area contributed by atoms with Crippen molar-refractivity contribution in [3.8, 4) is 11.1 Å². The average Bonchev–Trinajstić information content (AvgIpc) is 2.48. The molecule has 0 spiro atoms. The molecule has 0 radical (unpaired) electrons. The molecule has 0 aromatic heterocycles. The van der Waals surface area contributed by atoms with Gasteiger partial charge in [0.05, 0.1) is 0 Å². The molecule has 0 saturated carbocycles. The lowest BCUT2D eigenvalue weighted by atomic mass is 10.0. The van der Waals surface area contributed by atoms with Gasteiger partial charge in [-0.15, -0.1) is 0 Å². The number of benzene rings is 2. The van der Waals surface area contributed by atoms with Gasteiger partial charge in [-0.25, -0.2) is 8.78 Å². The number of hydrogen-bond donors (Lipinski definition) is 0. The van der Waals surface area contributed by atoms with Gasteiger partial charge in [0, 0.05) is 31.6 Å². The maximum Gasteiger partial charge on any atom is 0.251 e. The van der Waals surface area contributed by atoms with Crippen LogP contribution in [0.25, 0.3) is 11.1 Å². The van der Waals surface area contributed by atoms with E-state index < -0.39 is 5.92 Å². The molecule has 0 N–H and O–H groups in total. The Hall–Kier alpha value is -1.90. The maximum atomic E-state index is 13.2. The second kappa shape index (κ2) is 5.23. The molecule has 2 aromatic carbocycles. The van der Waals surface area contributed by atoms with Gasteiger partial charge in [-0.05, 0) is 23.3 Å². The Labute approximate surface area is 117 Å². The van der Waals surface area contributed by atoms with Gasteiger partial charge in [0.25, 0.3) is 5.92 Å². The zero-order valence-corrected chi connectivity index (χ0v) is 11.2. The van der Waals surface area contributed by atoms with Crippen LogP contribution in [-0.2, 0) is 0 Å². The fourth-order valence-corrected chi connectivity index (χ4v) is 2.59. The van der Waals surface area contributed by atoms with Crippen molar-refractivity contribution < 1.29 is 8.78 Å². The monoisotopic (exact) mass is 273 g/mol. The van der Waals surface area contributed by atoms with E-state index in [0.717, 1.165) is 11.3 Å². The van der Waals surface area contributed by atoms with E-state index in [0.29, 0.717) is 13.1 Å². The topological polar surface area (TPSA) is 3.24 Å². The van der Waals surface area contributed by atoms with Crippen LogP contribution in [0.2, 0.25) is 0 Å². The van der Waals surface area contributed by atoms with E-state index in [1.807, 2.05) is 35.2 Å². The molecule has 1 fully saturated rings. The molecule has 0 aliphatic carbocycles. The van der Waals surface area contributed by atoms with Crippen LogP contribution in [0, 0.1) is 0 Å². The second-order valence-electron chi connectivity index (χ2n) is 5.26. The third-order valence-corrected chi connectivity index (χ3v) is 3.83. The third-order valence-electron chi connectivity index (χ3n) is 3.83. The van der Waals surface area contributed by atoms with E-state index in [1.54, 1.807) is 0 Å². The highest BCUT2D eigenvalue weighted by Gasteiger charge is 2.33. The molecule has 20 heavy (non-hydrogen) atoms. The van der Waals surface area contributed by atoms with E-state index >= 15 is 0 Å². The van der Waals surface area contributed by atoms with Gasteiger partial charge in [0.2, 0.25) is 0 Å². The lowest BCUT2D eigenvalue weighted by Gasteiger charge is -2.33. The summed E-state index contributed by atoms with van der Waals surface area (Å²) in [6.45, 7) is 0.857. The fourth-order valence-electron chi connectivity index (χ4n) is 2.59. The molecular weight excluding hydrogens is 256 g/mol. The van der Waals surface area contributed by atoms with Crippen LogP contribution in [0.4, 0.5) is 14.5 Å². The van der Waals surface area contributed by atoms with Gasteiger partial charge >= 0.3 is 0 Å². The van der Waals surface area contributed by atoms with Crippen molar-refractivity contribution in [1.29, 1.82) is 0 Å². The third kappa shape index (κ3) is 2.82. The normalized spacial score (nSPS) is 18.0. The van der Waals surface area contributed by atoms with Crippen LogP contribution >= 0.6 is 0 Å². The van der Waals surface area contributed by atoms with Crippen LogP contribution in [0.1, 0.15) is 12.8 Å². The fraction of sp³-hybridized carbons (Fsp3) is 0.294. The molecule has 1 saturated heterocycles. The minimum Gasteiger partial charge on any atom is -0.371 e. The minimum atomic E-state index is -2.49. The summed E-state index contributed by atoms with van der Waals surface area (Å²) in [7, 11) is 0. The molecule has 1 aliphatic rings. The maximum absolute atomic E-state index is 13.2. The number of anilines is 1. The molecule has 1 nitrogen and oxygen atoms in total. The smallest absolute Gasteiger partial charge is 0.251 e. The Morgan fingerprint density at radius 3 is 1.90 bits per heavy atom. The summed E-state index contributed by atoms with van der Waals surface area (Å²) < 4.78 is 26.3. The number of nitrogens with zero attached hydrogens (tertiary/aromatic N) is 1. The standard InChI is InChI=1S/C17H17F2N/c18-17(19)10-12-20(13-11-17)16-8-6-15(7-9-16)14-4-2-1-3-5-14/h1-9H,10-13H2. The van der Waals surface area contributed by atoms with Crippen molar-refractivity contribution in [3.63, 3.8) is 0 Å². The highest BCUT2D eigenvalue weighted by Crippen LogP contribution is 2.31. The van der Waals surface area contributed by atoms with E-state index in [4.69, 9.17) is 0 Å². The first-order chi connectivity index (χ1) is 9.64. The van der Waals surface area contributed by atoms with Crippen molar-refractivity contribution in [3.05, 3.63) is 54.6 Å². The van der Waals surface area contributed by atoms with Gasteiger partial charge in [-0.2, -0.15) is 0 Å². The SMILES string of the molecule is FC1(F)CCN(c2ccc(-c3ccccc3)cc2)CC1. The van der Waals surface area contributed by atoms with Crippen molar-refractivity contribution in [2.75, 3.05) is 18.0 Å². The number of halogens is 2. The molecule has 0 atom stereocenters. The van der Waals surface area contributed by atoms with Gasteiger partial charge in [-0.1, -0.05) is 42.5 Å². The van der Waals surface area contributed by atoms with Crippen LogP contribution in [0.3, 0.4) is 0 Å². The lowest BCUT2D eigenvalue weighted by Crippen LogP contribution is -2.39. The van der Waals surface area contributed by atoms with Crippen LogP contribution in [0.5, 0.6) is 0 Å². The highest BCUT2D eigenvalue weighted by atomic mass is 19.3. The Bertz CT molecular complexity index is 553. The molecule has 0 bridgehead atoms. The van der Waals surface area contributed by atoms with Crippen LogP contribution in [-0.4, -0.2) is 19.0 Å². The number of hydrogen-bond acceptors (Lipinski definition) is 1. The summed E-state index contributed by atoms with van der Waals surface area (Å²) in [5.41, 5.74) is 3.35. The van der Waals surface area contributed by atoms with Crippen molar-refractivity contribution in [2.45, 2.75) is 18.8 Å². The van der Waals surface area contributed by atoms with Gasteiger partial charge in [0.1, 0.15) is 0 Å². The van der Waals surface area contributed by atoms with Crippen LogP contribution < -0.4 is 4.90 Å². The summed E-state index contributed by atoms with van der Waals surface area (Å²) >= 11 is 0. The highest BCUT2D eigenvalue weighted by molar-refractivity contribution is 5.66. The van der Waals surface area contributed by atoms with Crippen molar-refractivity contribution in [1.82, 2.24) is 0 Å². The largest absolute Gasteiger partial charge is 0.371 e. The molecule has 3 rings (SSSR count). The molecule has 3 heteroatoms. The summed E-state index contributed by atoms with van der Waals surface area (Å²) in [6, 6.07) is 18.3. The Kier molecular flexibility index (Phi) is 3.43. The summed E-state index contributed by atoms with van der Waals surface area (Å²) in [5.74, 6) is -2.49. The summed E-state index contributed by atoms with van der Waals surface area (Å²) in [6.07, 6.45) is -0.0964. The van der Waals surface area contributed by atoms with Gasteiger partial charge in [-0.3, -0.25) is 0 Å². The van der Waals surface area contributed by atoms with Crippen molar-refractivity contribution >= 4 is 5.69 Å². The summed E-state index contributed by atoms with van der Waals surface area (Å²) in [5, 5.41) is 0. The molecule has 0 amide bonds. The van der Waals surface area contributed by atoms with Crippen LogP contribution in [0.15, 0.2) is 54.6 Å². The first kappa shape index (κ1) is 13.1. The van der Waals surface area contributed by atoms with E-state index in [2.05, 4.69) is 24.3 Å². The quantitative estimate of drug-likeness (QED) is 0.773. The van der Waals surface area contributed by atoms with E-state index in [1.165, 1.54) is 5.56 Å². The first-order valence-corrected chi connectivity index (χ1v) is 6.92. The van der Waals surface area contributed by atoms with Gasteiger partial charge in [0.15, 0.2) is 0 Å². The summed E-state index contributed by atoms with van der Waals surface area (Å²) in [4.78, 5) is 2.03. The average molecular weight is 273 g/mol. The number of alkyl halides is 2. The Balaban J connectivity index is 1.74. The predicted molar refractivity (Wildman–Crippen MR) is 78.3 cm³/mol. The molecule has 1 aliphatic heterocycles. The molecule has 104 valence electrons. The Morgan fingerprint density at radius 2 is 1.30 bits per heavy atom. The number of rotatable bonds is 2. The van der Waals surface area contributed by atoms with E-state index in [9.17, 15) is 8.78 Å². The number of piperidine rings is 1. The Morgan fingerprint density at radius 1 is 0.750 bits per heavy atom. The molecule has 2 aromatic rings. The van der Waals surface area contributed by atoms with Gasteiger partial charge < -0.3 is 4.90 Å². The minimum absolute atomic E-state index is 0.0482. The van der Waals surface area contributed by atoms with E-state index in [-0.39, 0.29) is 12.8 Å². The molecule has 1 heterocycles. The lowest BCUT2D eigenvalue weighted by molar-refractivity contribution is -0.0220. The van der Waals surface area contributed by atoms with Crippen molar-refractivity contribution in [2.24, 2.45) is 0 Å². The first-order valence-electron chi connectivity index (χ1n) is 6.92.